The van der Waals surface area contributed by atoms with E-state index in [-0.39, 0.29) is 27.5 Å². The summed E-state index contributed by atoms with van der Waals surface area (Å²) in [4.78, 5) is 24.3. The number of halogens is 2. The van der Waals surface area contributed by atoms with Gasteiger partial charge >= 0.3 is 6.03 Å². The topological polar surface area (TPSA) is 104 Å². The number of rotatable bonds is 5. The summed E-state index contributed by atoms with van der Waals surface area (Å²) in [5.74, 6) is -0.675. The Hall–Kier alpha value is -1.26. The van der Waals surface area contributed by atoms with Gasteiger partial charge in [-0.2, -0.15) is 0 Å². The first kappa shape index (κ1) is 18.5. The minimum absolute atomic E-state index is 0.0909. The van der Waals surface area contributed by atoms with Gasteiger partial charge in [0.1, 0.15) is 0 Å². The van der Waals surface area contributed by atoms with Crippen molar-refractivity contribution >= 4 is 62.5 Å². The zero-order chi connectivity index (χ0) is 18.2. The fourth-order valence-electron chi connectivity index (χ4n) is 2.05. The minimum Gasteiger partial charge on any atom is -0.306 e. The van der Waals surface area contributed by atoms with Crippen LogP contribution in [0.2, 0.25) is 10.0 Å². The highest BCUT2D eigenvalue weighted by Crippen LogP contribution is 2.32. The highest BCUT2D eigenvalue weighted by Gasteiger charge is 2.41. The Bertz CT molecular complexity index is 869. The largest absolute Gasteiger partial charge is 0.323 e. The van der Waals surface area contributed by atoms with E-state index < -0.39 is 26.4 Å². The van der Waals surface area contributed by atoms with Crippen molar-refractivity contribution in [3.63, 3.8) is 0 Å². The molecular weight excluding hydrogens is 409 g/mol. The van der Waals surface area contributed by atoms with Crippen LogP contribution in [0.15, 0.2) is 29.3 Å². The molecule has 1 aromatic rings. The third-order valence-corrected chi connectivity index (χ3v) is 7.61. The van der Waals surface area contributed by atoms with Gasteiger partial charge in [0.2, 0.25) is 15.8 Å². The van der Waals surface area contributed by atoms with Crippen LogP contribution in [0.3, 0.4) is 0 Å². The van der Waals surface area contributed by atoms with Crippen LogP contribution in [0.4, 0.5) is 10.5 Å². The van der Waals surface area contributed by atoms with Crippen LogP contribution in [-0.2, 0) is 14.8 Å². The third-order valence-electron chi connectivity index (χ3n) is 3.43. The van der Waals surface area contributed by atoms with Crippen molar-refractivity contribution in [3.8, 4) is 0 Å². The van der Waals surface area contributed by atoms with E-state index in [0.29, 0.717) is 0 Å². The Kier molecular flexibility index (Phi) is 5.31. The number of carbonyl (C=O) groups is 2. The molecule has 3 rings (SSSR count). The molecule has 1 aromatic carbocycles. The number of urea groups is 1. The van der Waals surface area contributed by atoms with E-state index in [1.165, 1.54) is 5.41 Å². The van der Waals surface area contributed by atoms with E-state index in [4.69, 9.17) is 23.2 Å². The summed E-state index contributed by atoms with van der Waals surface area (Å²) in [5.41, 5.74) is 0.178. The molecule has 0 aromatic heterocycles. The van der Waals surface area contributed by atoms with Gasteiger partial charge in [-0.25, -0.2) is 17.9 Å². The van der Waals surface area contributed by atoms with Crippen LogP contribution < -0.4 is 15.4 Å². The maximum atomic E-state index is 12.3. The zero-order valence-corrected chi connectivity index (χ0v) is 15.7. The Balaban J connectivity index is 1.62. The molecule has 1 aliphatic carbocycles. The van der Waals surface area contributed by atoms with Crippen molar-refractivity contribution in [2.24, 2.45) is 0 Å². The molecule has 1 atom stereocenters. The lowest BCUT2D eigenvalue weighted by Gasteiger charge is -2.12. The number of benzene rings is 1. The second kappa shape index (κ2) is 7.16. The summed E-state index contributed by atoms with van der Waals surface area (Å²) >= 11 is 12.7. The van der Waals surface area contributed by atoms with Crippen LogP contribution >= 0.6 is 35.0 Å². The fraction of sp³-hybridized carbons (Fsp3) is 0.286. The monoisotopic (exact) mass is 421 g/mol. The molecule has 25 heavy (non-hydrogen) atoms. The summed E-state index contributed by atoms with van der Waals surface area (Å²) in [6, 6.07) is 3.89. The predicted molar refractivity (Wildman–Crippen MR) is 98.2 cm³/mol. The molecule has 2 aliphatic rings. The Morgan fingerprint density at radius 2 is 1.92 bits per heavy atom. The Morgan fingerprint density at radius 3 is 2.60 bits per heavy atom. The summed E-state index contributed by atoms with van der Waals surface area (Å²) in [5, 5.41) is 6.55. The molecule has 0 saturated heterocycles. The average Bonchev–Trinajstić information content (AvgIpc) is 3.26. The van der Waals surface area contributed by atoms with Crippen LogP contribution in [0.1, 0.15) is 12.8 Å². The number of hydrogen-bond donors (Lipinski definition) is 3. The van der Waals surface area contributed by atoms with Crippen molar-refractivity contribution < 1.29 is 18.0 Å². The quantitative estimate of drug-likeness (QED) is 0.677. The van der Waals surface area contributed by atoms with Crippen molar-refractivity contribution in [1.29, 1.82) is 0 Å². The van der Waals surface area contributed by atoms with Gasteiger partial charge in [0.05, 0.1) is 21.4 Å². The van der Waals surface area contributed by atoms with E-state index >= 15 is 0 Å². The number of sulfonamides is 1. The number of nitrogens with one attached hydrogen (secondary N) is 3. The van der Waals surface area contributed by atoms with Gasteiger partial charge in [0.25, 0.3) is 0 Å². The molecule has 1 aliphatic heterocycles. The van der Waals surface area contributed by atoms with E-state index in [1.54, 1.807) is 18.2 Å². The SMILES string of the molecule is O=C(NC1=CSC(S(=O)(=O)NC2CC2)C1=O)Nc1cccc(Cl)c1Cl. The van der Waals surface area contributed by atoms with E-state index in [9.17, 15) is 18.0 Å². The van der Waals surface area contributed by atoms with Crippen molar-refractivity contribution in [1.82, 2.24) is 10.0 Å². The van der Waals surface area contributed by atoms with Crippen LogP contribution in [0.5, 0.6) is 0 Å². The first-order valence-electron chi connectivity index (χ1n) is 7.21. The summed E-state index contributed by atoms with van der Waals surface area (Å²) in [7, 11) is -3.78. The summed E-state index contributed by atoms with van der Waals surface area (Å²) < 4.78 is 25.5. The number of carbonyl (C=O) groups excluding carboxylic acids is 2. The smallest absolute Gasteiger partial charge is 0.306 e. The number of thioether (sulfide) groups is 1. The van der Waals surface area contributed by atoms with Crippen LogP contribution in [-0.4, -0.2) is 30.9 Å². The van der Waals surface area contributed by atoms with Gasteiger partial charge in [-0.15, -0.1) is 11.8 Å². The molecule has 1 heterocycles. The van der Waals surface area contributed by atoms with Gasteiger partial charge in [0, 0.05) is 11.4 Å². The summed E-state index contributed by atoms with van der Waals surface area (Å²) in [6.07, 6.45) is 1.54. The van der Waals surface area contributed by atoms with Crippen LogP contribution in [0, 0.1) is 0 Å². The lowest BCUT2D eigenvalue weighted by atomic mass is 10.3. The van der Waals surface area contributed by atoms with E-state index in [2.05, 4.69) is 15.4 Å². The summed E-state index contributed by atoms with van der Waals surface area (Å²) in [6.45, 7) is 0. The molecule has 0 bridgehead atoms. The molecule has 7 nitrogen and oxygen atoms in total. The number of anilines is 1. The number of amides is 2. The van der Waals surface area contributed by atoms with Crippen molar-refractivity contribution in [2.75, 3.05) is 5.32 Å². The fourth-order valence-corrected chi connectivity index (χ4v) is 5.24. The molecule has 1 unspecified atom stereocenters. The number of allylic oxidation sites excluding steroid dienone is 1. The average molecular weight is 422 g/mol. The van der Waals surface area contributed by atoms with Crippen molar-refractivity contribution in [2.45, 2.75) is 23.5 Å². The molecule has 11 heteroatoms. The molecule has 2 amide bonds. The van der Waals surface area contributed by atoms with Crippen molar-refractivity contribution in [3.05, 3.63) is 39.3 Å². The number of ketones is 1. The van der Waals surface area contributed by atoms with Gasteiger partial charge in [-0.3, -0.25) is 4.79 Å². The second-order valence-electron chi connectivity index (χ2n) is 5.48. The maximum absolute atomic E-state index is 12.3. The zero-order valence-electron chi connectivity index (χ0n) is 12.6. The molecular formula is C14H13Cl2N3O4S2. The van der Waals surface area contributed by atoms with E-state index in [1.807, 2.05) is 0 Å². The number of hydrogen-bond acceptors (Lipinski definition) is 5. The Labute approximate surface area is 158 Å². The second-order valence-corrected chi connectivity index (χ2v) is 9.34. The normalized spacial score (nSPS) is 20.3. The highest BCUT2D eigenvalue weighted by atomic mass is 35.5. The highest BCUT2D eigenvalue weighted by molar-refractivity contribution is 8.16. The first-order chi connectivity index (χ1) is 11.8. The molecule has 134 valence electrons. The molecule has 1 fully saturated rings. The lowest BCUT2D eigenvalue weighted by Crippen LogP contribution is -2.40. The molecule has 3 N–H and O–H groups in total. The number of Topliss-reactive ketones (excluding diaryl/α,β-unsaturated/α-hetero) is 1. The predicted octanol–water partition coefficient (Wildman–Crippen LogP) is 2.68. The van der Waals surface area contributed by atoms with E-state index in [0.717, 1.165) is 24.6 Å². The Morgan fingerprint density at radius 1 is 1.20 bits per heavy atom. The van der Waals surface area contributed by atoms with Crippen LogP contribution in [0.25, 0.3) is 0 Å². The standard InChI is InChI=1S/C14H13Cl2N3O4S2/c15-8-2-1-3-9(11(8)16)17-14(21)18-10-6-24-13(12(10)20)25(22,23)19-7-4-5-7/h1-3,6-7,13,19H,4-5H2,(H2,17,18,21). The molecule has 1 saturated carbocycles. The molecule has 0 radical (unpaired) electrons. The molecule has 0 spiro atoms. The first-order valence-corrected chi connectivity index (χ1v) is 10.5. The third kappa shape index (κ3) is 4.29. The lowest BCUT2D eigenvalue weighted by molar-refractivity contribution is -0.113. The van der Waals surface area contributed by atoms with Gasteiger partial charge < -0.3 is 10.6 Å². The van der Waals surface area contributed by atoms with Gasteiger partial charge in [0.15, 0.2) is 4.58 Å². The van der Waals surface area contributed by atoms with Gasteiger partial charge in [-0.05, 0) is 25.0 Å². The minimum atomic E-state index is -3.78. The maximum Gasteiger partial charge on any atom is 0.323 e. The van der Waals surface area contributed by atoms with Gasteiger partial charge in [-0.1, -0.05) is 29.3 Å².